The van der Waals surface area contributed by atoms with Crippen molar-refractivity contribution in [2.45, 2.75) is 57.5 Å². The summed E-state index contributed by atoms with van der Waals surface area (Å²) in [6.07, 6.45) is 4.26. The SMILES string of the molecule is CCc1cccc(-c2c(F)cccc2C(O)(CCCNC(=O)OC)[C@@H]2CCCN(C(=O)N3CCC(CN)CC3)C2)c1. The van der Waals surface area contributed by atoms with Crippen LogP contribution in [0.25, 0.3) is 11.1 Å². The van der Waals surface area contributed by atoms with E-state index < -0.39 is 17.5 Å². The number of rotatable bonds is 9. The molecular formula is C32H45FN4O4. The molecule has 9 heteroatoms. The van der Waals surface area contributed by atoms with Crippen molar-refractivity contribution in [2.75, 3.05) is 46.4 Å². The van der Waals surface area contributed by atoms with Gasteiger partial charge in [0.2, 0.25) is 0 Å². The molecule has 2 heterocycles. The summed E-state index contributed by atoms with van der Waals surface area (Å²) in [5.41, 5.74) is 7.12. The molecule has 2 atom stereocenters. The van der Waals surface area contributed by atoms with Gasteiger partial charge in [0.1, 0.15) is 5.82 Å². The zero-order chi connectivity index (χ0) is 29.4. The largest absolute Gasteiger partial charge is 0.453 e. The van der Waals surface area contributed by atoms with Crippen molar-refractivity contribution in [1.82, 2.24) is 15.1 Å². The van der Waals surface area contributed by atoms with E-state index >= 15 is 4.39 Å². The van der Waals surface area contributed by atoms with Crippen LogP contribution >= 0.6 is 0 Å². The van der Waals surface area contributed by atoms with Crippen molar-refractivity contribution in [3.8, 4) is 11.1 Å². The predicted molar refractivity (Wildman–Crippen MR) is 158 cm³/mol. The molecule has 2 aliphatic heterocycles. The van der Waals surface area contributed by atoms with Gasteiger partial charge in [-0.3, -0.25) is 0 Å². The van der Waals surface area contributed by atoms with E-state index in [1.54, 1.807) is 6.07 Å². The van der Waals surface area contributed by atoms with Crippen molar-refractivity contribution >= 4 is 12.1 Å². The zero-order valence-corrected chi connectivity index (χ0v) is 24.4. The number of halogens is 1. The van der Waals surface area contributed by atoms with Crippen LogP contribution in [0.1, 0.15) is 56.6 Å². The number of hydrogen-bond donors (Lipinski definition) is 3. The van der Waals surface area contributed by atoms with E-state index in [-0.39, 0.29) is 18.4 Å². The van der Waals surface area contributed by atoms with Crippen LogP contribution in [-0.2, 0) is 16.8 Å². The van der Waals surface area contributed by atoms with Gasteiger partial charge in [-0.25, -0.2) is 14.0 Å². The number of amides is 3. The first kappa shape index (κ1) is 30.8. The third kappa shape index (κ3) is 7.19. The minimum Gasteiger partial charge on any atom is -0.453 e. The van der Waals surface area contributed by atoms with Crippen molar-refractivity contribution in [3.05, 3.63) is 59.4 Å². The number of carbonyl (C=O) groups is 2. The Balaban J connectivity index is 1.65. The highest BCUT2D eigenvalue weighted by atomic mass is 19.1. The second kappa shape index (κ2) is 14.1. The van der Waals surface area contributed by atoms with Gasteiger partial charge in [0.15, 0.2) is 0 Å². The lowest BCUT2D eigenvalue weighted by Gasteiger charge is -2.45. The quantitative estimate of drug-likeness (QED) is 0.374. The molecule has 2 fully saturated rings. The molecule has 4 rings (SSSR count). The maximum Gasteiger partial charge on any atom is 0.406 e. The molecular weight excluding hydrogens is 523 g/mol. The number of carbonyl (C=O) groups excluding carboxylic acids is 2. The second-order valence-corrected chi connectivity index (χ2v) is 11.4. The number of aryl methyl sites for hydroxylation is 1. The van der Waals surface area contributed by atoms with E-state index in [1.807, 2.05) is 40.1 Å². The summed E-state index contributed by atoms with van der Waals surface area (Å²) < 4.78 is 20.3. The van der Waals surface area contributed by atoms with E-state index in [0.717, 1.165) is 36.8 Å². The van der Waals surface area contributed by atoms with Crippen LogP contribution in [0.15, 0.2) is 42.5 Å². The fourth-order valence-electron chi connectivity index (χ4n) is 6.40. The van der Waals surface area contributed by atoms with Crippen LogP contribution in [0.5, 0.6) is 0 Å². The molecule has 224 valence electrons. The molecule has 4 N–H and O–H groups in total. The third-order valence-electron chi connectivity index (χ3n) is 8.88. The van der Waals surface area contributed by atoms with Crippen LogP contribution in [-0.4, -0.2) is 73.4 Å². The molecule has 0 saturated carbocycles. The van der Waals surface area contributed by atoms with Crippen molar-refractivity contribution in [2.24, 2.45) is 17.6 Å². The van der Waals surface area contributed by atoms with Crippen LogP contribution in [0, 0.1) is 17.7 Å². The summed E-state index contributed by atoms with van der Waals surface area (Å²) in [5.74, 6) is -0.252. The summed E-state index contributed by atoms with van der Waals surface area (Å²) in [6.45, 7) is 5.37. The van der Waals surface area contributed by atoms with Gasteiger partial charge < -0.3 is 30.7 Å². The molecule has 2 saturated heterocycles. The number of ether oxygens (including phenoxy) is 1. The first-order valence-corrected chi connectivity index (χ1v) is 15.0. The number of benzene rings is 2. The van der Waals surface area contributed by atoms with E-state index in [4.69, 9.17) is 10.5 Å². The maximum atomic E-state index is 15.7. The smallest absolute Gasteiger partial charge is 0.406 e. The molecule has 2 aromatic carbocycles. The molecule has 1 unspecified atom stereocenters. The molecule has 0 aliphatic carbocycles. The predicted octanol–water partition coefficient (Wildman–Crippen LogP) is 4.88. The normalized spacial score (nSPS) is 19.5. The summed E-state index contributed by atoms with van der Waals surface area (Å²) in [6, 6.07) is 12.7. The Morgan fingerprint density at radius 3 is 2.59 bits per heavy atom. The first-order chi connectivity index (χ1) is 19.8. The number of aliphatic hydroxyl groups is 1. The van der Waals surface area contributed by atoms with Gasteiger partial charge in [-0.2, -0.15) is 0 Å². The van der Waals surface area contributed by atoms with Crippen molar-refractivity contribution in [3.63, 3.8) is 0 Å². The van der Waals surface area contributed by atoms with Gasteiger partial charge in [0.05, 0.1) is 12.7 Å². The third-order valence-corrected chi connectivity index (χ3v) is 8.88. The topological polar surface area (TPSA) is 108 Å². The molecule has 2 aliphatic rings. The summed E-state index contributed by atoms with van der Waals surface area (Å²) in [7, 11) is 1.31. The van der Waals surface area contributed by atoms with E-state index in [0.29, 0.717) is 69.2 Å². The van der Waals surface area contributed by atoms with Gasteiger partial charge in [0, 0.05) is 44.2 Å². The van der Waals surface area contributed by atoms with Gasteiger partial charge in [-0.1, -0.05) is 43.3 Å². The average molecular weight is 569 g/mol. The van der Waals surface area contributed by atoms with Crippen LogP contribution in [0.3, 0.4) is 0 Å². The minimum absolute atomic E-state index is 0.00464. The van der Waals surface area contributed by atoms with Gasteiger partial charge in [-0.05, 0) is 80.2 Å². The van der Waals surface area contributed by atoms with Crippen molar-refractivity contribution in [1.29, 1.82) is 0 Å². The zero-order valence-electron chi connectivity index (χ0n) is 24.4. The minimum atomic E-state index is -1.43. The second-order valence-electron chi connectivity index (χ2n) is 11.4. The number of alkyl carbamates (subject to hydrolysis) is 1. The van der Waals surface area contributed by atoms with Crippen LogP contribution < -0.4 is 11.1 Å². The summed E-state index contributed by atoms with van der Waals surface area (Å²) in [4.78, 5) is 29.0. The molecule has 0 bridgehead atoms. The molecule has 8 nitrogen and oxygen atoms in total. The lowest BCUT2D eigenvalue weighted by molar-refractivity contribution is -0.0566. The van der Waals surface area contributed by atoms with E-state index in [2.05, 4.69) is 12.2 Å². The Morgan fingerprint density at radius 2 is 1.88 bits per heavy atom. The Labute approximate surface area is 243 Å². The summed E-state index contributed by atoms with van der Waals surface area (Å²) >= 11 is 0. The van der Waals surface area contributed by atoms with Gasteiger partial charge in [0.25, 0.3) is 0 Å². The molecule has 0 aromatic heterocycles. The highest BCUT2D eigenvalue weighted by molar-refractivity contribution is 5.75. The molecule has 41 heavy (non-hydrogen) atoms. The summed E-state index contributed by atoms with van der Waals surface area (Å²) in [5, 5.41) is 15.3. The lowest BCUT2D eigenvalue weighted by atomic mass is 9.72. The van der Waals surface area contributed by atoms with Gasteiger partial charge in [-0.15, -0.1) is 0 Å². The number of nitrogens with zero attached hydrogens (tertiary/aromatic N) is 2. The maximum absolute atomic E-state index is 15.7. The fourth-order valence-corrected chi connectivity index (χ4v) is 6.40. The lowest BCUT2D eigenvalue weighted by Crippen LogP contribution is -2.53. The standard InChI is InChI=1S/C32H45FN4O4/c1-3-23-8-4-9-25(20-23)29-27(11-5-12-28(29)33)32(40,15-7-16-35-30(38)41-2)26-10-6-17-37(22-26)31(39)36-18-13-24(21-34)14-19-36/h4-5,8-9,11-12,20,24,26,40H,3,6-7,10,13-19,21-22,34H2,1-2H3,(H,35,38)/t26-,32?/m1/s1. The number of hydrogen-bond acceptors (Lipinski definition) is 5. The fraction of sp³-hybridized carbons (Fsp3) is 0.562. The number of methoxy groups -OCH3 is 1. The van der Waals surface area contributed by atoms with E-state index in [1.165, 1.54) is 13.2 Å². The van der Waals surface area contributed by atoms with Gasteiger partial charge >= 0.3 is 12.1 Å². The number of nitrogens with two attached hydrogens (primary N) is 1. The number of piperidine rings is 2. The van der Waals surface area contributed by atoms with E-state index in [9.17, 15) is 14.7 Å². The Kier molecular flexibility index (Phi) is 10.6. The Bertz CT molecular complexity index is 1190. The van der Waals surface area contributed by atoms with Crippen molar-refractivity contribution < 1.29 is 23.8 Å². The van der Waals surface area contributed by atoms with Crippen LogP contribution in [0.2, 0.25) is 0 Å². The number of nitrogens with one attached hydrogen (secondary N) is 1. The highest BCUT2D eigenvalue weighted by Crippen LogP contribution is 2.44. The molecule has 0 radical (unpaired) electrons. The molecule has 0 spiro atoms. The van der Waals surface area contributed by atoms with Crippen LogP contribution in [0.4, 0.5) is 14.0 Å². The molecule has 2 aromatic rings. The number of urea groups is 1. The molecule has 3 amide bonds. The highest BCUT2D eigenvalue weighted by Gasteiger charge is 2.43. The number of likely N-dealkylation sites (tertiary alicyclic amines) is 2. The average Bonchev–Trinajstić information content (AvgIpc) is 3.02. The Morgan fingerprint density at radius 1 is 1.12 bits per heavy atom. The monoisotopic (exact) mass is 568 g/mol. The first-order valence-electron chi connectivity index (χ1n) is 15.0. The Hall–Kier alpha value is -3.17.